The third kappa shape index (κ3) is 5.26. The SMILES string of the molecule is COc1cccc([C@@H](C(=O)NC2CCCC2)N(C(=O)c2ccco2)c2ccc(OC)c(OC)c2)c1. The third-order valence-corrected chi connectivity index (χ3v) is 6.21. The van der Waals surface area contributed by atoms with Crippen molar-refractivity contribution >= 4 is 17.5 Å². The Labute approximate surface area is 204 Å². The summed E-state index contributed by atoms with van der Waals surface area (Å²) in [5.74, 6) is 0.898. The number of benzene rings is 2. The summed E-state index contributed by atoms with van der Waals surface area (Å²) < 4.78 is 21.7. The zero-order chi connectivity index (χ0) is 24.8. The van der Waals surface area contributed by atoms with Crippen LogP contribution in [0.1, 0.15) is 47.8 Å². The highest BCUT2D eigenvalue weighted by Crippen LogP contribution is 2.37. The minimum Gasteiger partial charge on any atom is -0.497 e. The number of hydrogen-bond donors (Lipinski definition) is 1. The van der Waals surface area contributed by atoms with Crippen LogP contribution in [0.4, 0.5) is 5.69 Å². The first-order valence-corrected chi connectivity index (χ1v) is 11.6. The number of carbonyl (C=O) groups excluding carboxylic acids is 2. The predicted octanol–water partition coefficient (Wildman–Crippen LogP) is 4.75. The normalized spacial score (nSPS) is 14.3. The molecule has 8 nitrogen and oxygen atoms in total. The molecular weight excluding hydrogens is 448 g/mol. The van der Waals surface area contributed by atoms with Crippen molar-refractivity contribution in [1.82, 2.24) is 5.32 Å². The number of ether oxygens (including phenoxy) is 3. The lowest BCUT2D eigenvalue weighted by Gasteiger charge is -2.32. The van der Waals surface area contributed by atoms with E-state index in [4.69, 9.17) is 18.6 Å². The molecule has 1 N–H and O–H groups in total. The number of nitrogens with one attached hydrogen (secondary N) is 1. The first-order chi connectivity index (χ1) is 17.0. The van der Waals surface area contributed by atoms with Crippen LogP contribution in [0, 0.1) is 0 Å². The van der Waals surface area contributed by atoms with Crippen molar-refractivity contribution in [3.8, 4) is 17.2 Å². The highest BCUT2D eigenvalue weighted by Gasteiger charge is 2.36. The highest BCUT2D eigenvalue weighted by atomic mass is 16.5. The Bertz CT molecular complexity index is 1150. The minimum absolute atomic E-state index is 0.0709. The molecule has 1 atom stereocenters. The van der Waals surface area contributed by atoms with E-state index in [9.17, 15) is 9.59 Å². The van der Waals surface area contributed by atoms with Crippen molar-refractivity contribution in [2.75, 3.05) is 26.2 Å². The number of amides is 2. The van der Waals surface area contributed by atoms with Crippen LogP contribution < -0.4 is 24.4 Å². The Balaban J connectivity index is 1.86. The van der Waals surface area contributed by atoms with Gasteiger partial charge in [-0.2, -0.15) is 0 Å². The van der Waals surface area contributed by atoms with Crippen LogP contribution in [0.3, 0.4) is 0 Å². The van der Waals surface area contributed by atoms with Gasteiger partial charge >= 0.3 is 0 Å². The van der Waals surface area contributed by atoms with E-state index in [0.29, 0.717) is 28.5 Å². The second kappa shape index (κ2) is 11.0. The van der Waals surface area contributed by atoms with Gasteiger partial charge in [-0.25, -0.2) is 0 Å². The minimum atomic E-state index is -0.985. The molecule has 2 amide bonds. The van der Waals surface area contributed by atoms with E-state index in [0.717, 1.165) is 25.7 Å². The van der Waals surface area contributed by atoms with Gasteiger partial charge in [0.15, 0.2) is 17.3 Å². The molecule has 1 aromatic heterocycles. The Morgan fingerprint density at radius 3 is 2.37 bits per heavy atom. The van der Waals surface area contributed by atoms with Gasteiger partial charge in [-0.05, 0) is 54.8 Å². The van der Waals surface area contributed by atoms with Crippen LogP contribution in [-0.4, -0.2) is 39.2 Å². The van der Waals surface area contributed by atoms with Gasteiger partial charge < -0.3 is 23.9 Å². The molecule has 0 unspecified atom stereocenters. The number of carbonyl (C=O) groups is 2. The largest absolute Gasteiger partial charge is 0.497 e. The number of anilines is 1. The lowest BCUT2D eigenvalue weighted by molar-refractivity contribution is -0.123. The number of hydrogen-bond acceptors (Lipinski definition) is 6. The molecule has 0 aliphatic heterocycles. The van der Waals surface area contributed by atoms with Crippen molar-refractivity contribution < 1.29 is 28.2 Å². The van der Waals surface area contributed by atoms with Gasteiger partial charge in [-0.3, -0.25) is 14.5 Å². The molecule has 2 aromatic carbocycles. The molecule has 3 aromatic rings. The summed E-state index contributed by atoms with van der Waals surface area (Å²) in [4.78, 5) is 29.1. The maximum absolute atomic E-state index is 13.8. The summed E-state index contributed by atoms with van der Waals surface area (Å²) in [5.41, 5.74) is 1.06. The van der Waals surface area contributed by atoms with Gasteiger partial charge in [-0.1, -0.05) is 25.0 Å². The molecule has 1 saturated carbocycles. The van der Waals surface area contributed by atoms with Crippen molar-refractivity contribution in [2.24, 2.45) is 0 Å². The van der Waals surface area contributed by atoms with Gasteiger partial charge in [0, 0.05) is 17.8 Å². The van der Waals surface area contributed by atoms with E-state index in [1.54, 1.807) is 55.6 Å². The molecule has 35 heavy (non-hydrogen) atoms. The van der Waals surface area contributed by atoms with Gasteiger partial charge in [0.1, 0.15) is 11.8 Å². The Hall–Kier alpha value is -3.94. The van der Waals surface area contributed by atoms with Crippen LogP contribution in [-0.2, 0) is 4.79 Å². The van der Waals surface area contributed by atoms with E-state index in [1.807, 2.05) is 6.07 Å². The van der Waals surface area contributed by atoms with Crippen LogP contribution in [0.2, 0.25) is 0 Å². The summed E-state index contributed by atoms with van der Waals surface area (Å²) in [7, 11) is 4.62. The molecule has 1 fully saturated rings. The van der Waals surface area contributed by atoms with Gasteiger partial charge in [0.05, 0.1) is 27.6 Å². The summed E-state index contributed by atoms with van der Waals surface area (Å²) in [6.45, 7) is 0. The number of nitrogens with zero attached hydrogens (tertiary/aromatic N) is 1. The molecule has 184 valence electrons. The van der Waals surface area contributed by atoms with Gasteiger partial charge in [0.25, 0.3) is 5.91 Å². The second-order valence-corrected chi connectivity index (χ2v) is 8.36. The summed E-state index contributed by atoms with van der Waals surface area (Å²) in [6.07, 6.45) is 5.40. The molecule has 1 heterocycles. The van der Waals surface area contributed by atoms with Gasteiger partial charge in [-0.15, -0.1) is 0 Å². The van der Waals surface area contributed by atoms with Crippen LogP contribution in [0.25, 0.3) is 0 Å². The Morgan fingerprint density at radius 2 is 1.71 bits per heavy atom. The number of rotatable bonds is 9. The Kier molecular flexibility index (Phi) is 7.60. The second-order valence-electron chi connectivity index (χ2n) is 8.36. The average Bonchev–Trinajstić information content (AvgIpc) is 3.61. The molecule has 4 rings (SSSR count). The maximum atomic E-state index is 13.8. The quantitative estimate of drug-likeness (QED) is 0.477. The van der Waals surface area contributed by atoms with E-state index < -0.39 is 11.9 Å². The zero-order valence-electron chi connectivity index (χ0n) is 20.2. The van der Waals surface area contributed by atoms with Crippen LogP contribution in [0.15, 0.2) is 65.3 Å². The summed E-state index contributed by atoms with van der Waals surface area (Å²) >= 11 is 0. The van der Waals surface area contributed by atoms with E-state index >= 15 is 0 Å². The number of furan rings is 1. The van der Waals surface area contributed by atoms with Crippen LogP contribution in [0.5, 0.6) is 17.2 Å². The number of methoxy groups -OCH3 is 3. The maximum Gasteiger partial charge on any atom is 0.294 e. The summed E-state index contributed by atoms with van der Waals surface area (Å²) in [5, 5.41) is 3.16. The average molecular weight is 479 g/mol. The topological polar surface area (TPSA) is 90.2 Å². The molecule has 1 aliphatic carbocycles. The zero-order valence-corrected chi connectivity index (χ0v) is 20.2. The van der Waals surface area contributed by atoms with Crippen LogP contribution >= 0.6 is 0 Å². The fourth-order valence-corrected chi connectivity index (χ4v) is 4.46. The fourth-order valence-electron chi connectivity index (χ4n) is 4.46. The lowest BCUT2D eigenvalue weighted by atomic mass is 10.0. The molecule has 0 radical (unpaired) electrons. The van der Waals surface area contributed by atoms with Crippen molar-refractivity contribution in [3.63, 3.8) is 0 Å². The van der Waals surface area contributed by atoms with Crippen molar-refractivity contribution in [1.29, 1.82) is 0 Å². The Morgan fingerprint density at radius 1 is 0.943 bits per heavy atom. The highest BCUT2D eigenvalue weighted by molar-refractivity contribution is 6.08. The monoisotopic (exact) mass is 478 g/mol. The first-order valence-electron chi connectivity index (χ1n) is 11.6. The third-order valence-electron chi connectivity index (χ3n) is 6.21. The van der Waals surface area contributed by atoms with Crippen molar-refractivity contribution in [3.05, 3.63) is 72.2 Å². The smallest absolute Gasteiger partial charge is 0.294 e. The first kappa shape index (κ1) is 24.2. The standard InChI is InChI=1S/C27H30N2O6/c1-32-21-11-6-8-18(16-21)25(26(30)28-19-9-4-5-10-19)29(27(31)23-12-7-15-35-23)20-13-14-22(33-2)24(17-20)34-3/h6-8,11-17,19,25H,4-5,9-10H2,1-3H3,(H,28,30)/t25-/m0/s1. The van der Waals surface area contributed by atoms with E-state index in [2.05, 4.69) is 5.32 Å². The summed E-state index contributed by atoms with van der Waals surface area (Å²) in [6, 6.07) is 14.6. The molecule has 1 aliphatic rings. The van der Waals surface area contributed by atoms with E-state index in [-0.39, 0.29) is 17.7 Å². The van der Waals surface area contributed by atoms with Gasteiger partial charge in [0.2, 0.25) is 5.91 Å². The molecule has 8 heteroatoms. The fraction of sp³-hybridized carbons (Fsp3) is 0.333. The molecule has 0 spiro atoms. The lowest BCUT2D eigenvalue weighted by Crippen LogP contribution is -2.46. The molecule has 0 saturated heterocycles. The van der Waals surface area contributed by atoms with Crippen molar-refractivity contribution in [2.45, 2.75) is 37.8 Å². The van der Waals surface area contributed by atoms with E-state index in [1.165, 1.54) is 25.4 Å². The molecule has 0 bridgehead atoms. The predicted molar refractivity (Wildman–Crippen MR) is 131 cm³/mol. The molecular formula is C27H30N2O6.